The summed E-state index contributed by atoms with van der Waals surface area (Å²) < 4.78 is 32.4. The first-order valence-corrected chi connectivity index (χ1v) is 14.1. The van der Waals surface area contributed by atoms with E-state index in [-0.39, 0.29) is 23.3 Å². The van der Waals surface area contributed by atoms with E-state index in [0.29, 0.717) is 43.8 Å². The number of carbonyl (C=O) groups excluding carboxylic acids is 1. The Morgan fingerprint density at radius 1 is 1.22 bits per heavy atom. The Bertz CT molecular complexity index is 772. The number of nitrogens with two attached hydrogens (primary N) is 1. The molecular weight excluding hydrogens is 429 g/mol. The third kappa shape index (κ3) is 7.42. The first-order valence-electron chi connectivity index (χ1n) is 11.2. The van der Waals surface area contributed by atoms with Gasteiger partial charge in [-0.1, -0.05) is 20.8 Å². The van der Waals surface area contributed by atoms with Gasteiger partial charge in [-0.15, -0.1) is 0 Å². The minimum atomic E-state index is -1.97. The topological polar surface area (TPSA) is 86.9 Å². The first kappa shape index (κ1) is 26.5. The number of nitrogen functional groups attached to an aromatic ring is 1. The van der Waals surface area contributed by atoms with Crippen LogP contribution in [0.2, 0.25) is 18.1 Å². The second-order valence-corrected chi connectivity index (χ2v) is 15.9. The van der Waals surface area contributed by atoms with Crippen LogP contribution in [-0.4, -0.2) is 61.8 Å². The molecule has 1 fully saturated rings. The molecule has 182 valence electrons. The average Bonchev–Trinajstić information content (AvgIpc) is 2.63. The normalized spacial score (nSPS) is 20.3. The van der Waals surface area contributed by atoms with E-state index in [1.54, 1.807) is 4.90 Å². The lowest BCUT2D eigenvalue weighted by atomic mass is 10.0. The Labute approximate surface area is 192 Å². The molecule has 9 heteroatoms. The maximum absolute atomic E-state index is 14.2. The van der Waals surface area contributed by atoms with Crippen LogP contribution in [0.5, 0.6) is 0 Å². The zero-order valence-electron chi connectivity index (χ0n) is 20.8. The van der Waals surface area contributed by atoms with Gasteiger partial charge in [0.1, 0.15) is 11.4 Å². The summed E-state index contributed by atoms with van der Waals surface area (Å²) in [6.45, 7) is 17.6. The molecule has 2 N–H and O–H groups in total. The van der Waals surface area contributed by atoms with Crippen molar-refractivity contribution in [3.8, 4) is 0 Å². The van der Waals surface area contributed by atoms with Gasteiger partial charge < -0.3 is 24.5 Å². The van der Waals surface area contributed by atoms with Crippen molar-refractivity contribution in [3.63, 3.8) is 0 Å². The van der Waals surface area contributed by atoms with Gasteiger partial charge in [-0.25, -0.2) is 9.18 Å². The van der Waals surface area contributed by atoms with Crippen LogP contribution < -0.4 is 5.73 Å². The number of nitrogens with zero attached hydrogens (tertiary/aromatic N) is 2. The van der Waals surface area contributed by atoms with Crippen molar-refractivity contribution in [2.45, 2.75) is 90.3 Å². The van der Waals surface area contributed by atoms with Crippen molar-refractivity contribution in [1.82, 2.24) is 9.88 Å². The molecule has 2 rings (SSSR count). The fourth-order valence-electron chi connectivity index (χ4n) is 3.21. The fraction of sp³-hybridized carbons (Fsp3) is 0.739. The summed E-state index contributed by atoms with van der Waals surface area (Å²) in [5.41, 5.74) is 6.06. The highest BCUT2D eigenvalue weighted by Gasteiger charge is 2.39. The van der Waals surface area contributed by atoms with Crippen LogP contribution in [0, 0.1) is 5.82 Å². The zero-order valence-corrected chi connectivity index (χ0v) is 21.8. The summed E-state index contributed by atoms with van der Waals surface area (Å²) in [6, 6.07) is 0. The molecule has 1 saturated heterocycles. The maximum atomic E-state index is 14.2. The maximum Gasteiger partial charge on any atom is 0.410 e. The highest BCUT2D eigenvalue weighted by molar-refractivity contribution is 6.74. The molecule has 2 heterocycles. The summed E-state index contributed by atoms with van der Waals surface area (Å²) in [5, 5.41) is 0.0717. The molecule has 7 nitrogen and oxygen atoms in total. The van der Waals surface area contributed by atoms with E-state index < -0.39 is 19.7 Å². The third-order valence-electron chi connectivity index (χ3n) is 6.08. The number of amides is 1. The Morgan fingerprint density at radius 3 is 2.41 bits per heavy atom. The standard InChI is InChI=1S/C23H40FN3O4Si/c1-22(2,3)31-21(28)27-13-16(9-10-18-19(24)11-26-12-20(18)25)30-17(14-27)15-29-32(7,8)23(4,5)6/h11-12,16-17H,9-10,13-15,25H2,1-8H3. The highest BCUT2D eigenvalue weighted by Crippen LogP contribution is 2.37. The van der Waals surface area contributed by atoms with E-state index in [1.807, 2.05) is 20.8 Å². The number of rotatable bonds is 6. The number of hydrogen-bond acceptors (Lipinski definition) is 6. The van der Waals surface area contributed by atoms with Gasteiger partial charge in [-0.05, 0) is 51.7 Å². The van der Waals surface area contributed by atoms with Crippen LogP contribution in [0.3, 0.4) is 0 Å². The van der Waals surface area contributed by atoms with Crippen LogP contribution in [-0.2, 0) is 20.3 Å². The van der Waals surface area contributed by atoms with Gasteiger partial charge >= 0.3 is 6.09 Å². The summed E-state index contributed by atoms with van der Waals surface area (Å²) in [6.07, 6.45) is 2.58. The van der Waals surface area contributed by atoms with Gasteiger partial charge in [0.25, 0.3) is 0 Å². The van der Waals surface area contributed by atoms with Crippen molar-refractivity contribution in [2.75, 3.05) is 25.4 Å². The van der Waals surface area contributed by atoms with Crippen LogP contribution in [0.15, 0.2) is 12.4 Å². The second-order valence-electron chi connectivity index (χ2n) is 11.1. The van der Waals surface area contributed by atoms with Gasteiger partial charge in [0.2, 0.25) is 0 Å². The van der Waals surface area contributed by atoms with Crippen LogP contribution in [0.25, 0.3) is 0 Å². The van der Waals surface area contributed by atoms with E-state index in [9.17, 15) is 9.18 Å². The van der Waals surface area contributed by atoms with Crippen molar-refractivity contribution in [1.29, 1.82) is 0 Å². The number of hydrogen-bond donors (Lipinski definition) is 1. The molecule has 0 bridgehead atoms. The second kappa shape index (κ2) is 10.1. The average molecular weight is 470 g/mol. The molecule has 1 amide bonds. The van der Waals surface area contributed by atoms with Crippen molar-refractivity contribution < 1.29 is 23.1 Å². The molecule has 32 heavy (non-hydrogen) atoms. The molecular formula is C23H40FN3O4Si. The predicted molar refractivity (Wildman–Crippen MR) is 127 cm³/mol. The highest BCUT2D eigenvalue weighted by atomic mass is 28.4. The molecule has 1 aliphatic heterocycles. The smallest absolute Gasteiger partial charge is 0.410 e. The Morgan fingerprint density at radius 2 is 1.84 bits per heavy atom. The lowest BCUT2D eigenvalue weighted by Gasteiger charge is -2.41. The SMILES string of the molecule is CC(C)(C)OC(=O)N1CC(CCc2c(N)cncc2F)OC(CO[Si](C)(C)C(C)(C)C)C1. The molecule has 2 unspecified atom stereocenters. The van der Waals surface area contributed by atoms with E-state index in [4.69, 9.17) is 19.6 Å². The van der Waals surface area contributed by atoms with Crippen LogP contribution >= 0.6 is 0 Å². The molecule has 0 radical (unpaired) electrons. The number of pyridine rings is 1. The number of anilines is 1. The first-order chi connectivity index (χ1) is 14.6. The lowest BCUT2D eigenvalue weighted by molar-refractivity contribution is -0.103. The Balaban J connectivity index is 2.11. The van der Waals surface area contributed by atoms with Crippen LogP contribution in [0.1, 0.15) is 53.5 Å². The summed E-state index contributed by atoms with van der Waals surface area (Å²) in [5.74, 6) is -0.428. The summed E-state index contributed by atoms with van der Waals surface area (Å²) in [4.78, 5) is 18.2. The van der Waals surface area contributed by atoms with E-state index in [0.717, 1.165) is 6.20 Å². The molecule has 0 aromatic carbocycles. The minimum absolute atomic E-state index is 0.0717. The molecule has 0 aliphatic carbocycles. The van der Waals surface area contributed by atoms with Gasteiger partial charge in [0.05, 0.1) is 50.0 Å². The number of ether oxygens (including phenoxy) is 2. The van der Waals surface area contributed by atoms with E-state index in [1.165, 1.54) is 6.20 Å². The third-order valence-corrected chi connectivity index (χ3v) is 10.6. The Hall–Kier alpha value is -1.71. The predicted octanol–water partition coefficient (Wildman–Crippen LogP) is 4.76. The summed E-state index contributed by atoms with van der Waals surface area (Å²) in [7, 11) is -1.97. The van der Waals surface area contributed by atoms with Crippen molar-refractivity contribution in [2.24, 2.45) is 0 Å². The molecule has 1 aromatic rings. The molecule has 0 saturated carbocycles. The van der Waals surface area contributed by atoms with Crippen molar-refractivity contribution in [3.05, 3.63) is 23.8 Å². The number of halogens is 1. The molecule has 2 atom stereocenters. The van der Waals surface area contributed by atoms with E-state index in [2.05, 4.69) is 38.8 Å². The van der Waals surface area contributed by atoms with Crippen molar-refractivity contribution >= 4 is 20.1 Å². The number of carbonyl (C=O) groups is 1. The van der Waals surface area contributed by atoms with Gasteiger partial charge in [-0.3, -0.25) is 4.98 Å². The van der Waals surface area contributed by atoms with E-state index >= 15 is 0 Å². The quantitative estimate of drug-likeness (QED) is 0.605. The monoisotopic (exact) mass is 469 g/mol. The minimum Gasteiger partial charge on any atom is -0.444 e. The van der Waals surface area contributed by atoms with Gasteiger partial charge in [0, 0.05) is 5.56 Å². The molecule has 1 aliphatic rings. The molecule has 0 spiro atoms. The molecule has 1 aromatic heterocycles. The Kier molecular flexibility index (Phi) is 8.34. The van der Waals surface area contributed by atoms with Crippen LogP contribution in [0.4, 0.5) is 14.9 Å². The number of morpholine rings is 1. The number of aromatic nitrogens is 1. The zero-order chi connectivity index (χ0) is 24.3. The summed E-state index contributed by atoms with van der Waals surface area (Å²) >= 11 is 0. The fourth-order valence-corrected chi connectivity index (χ4v) is 4.25. The van der Waals surface area contributed by atoms with Gasteiger partial charge in [0.15, 0.2) is 8.32 Å². The van der Waals surface area contributed by atoms with Gasteiger partial charge in [-0.2, -0.15) is 0 Å². The lowest BCUT2D eigenvalue weighted by Crippen LogP contribution is -2.54. The largest absolute Gasteiger partial charge is 0.444 e.